The molecule has 94 valence electrons. The van der Waals surface area contributed by atoms with Crippen molar-refractivity contribution in [2.24, 2.45) is 0 Å². The summed E-state index contributed by atoms with van der Waals surface area (Å²) >= 11 is 0. The smallest absolute Gasteiger partial charge is 0.127 e. The van der Waals surface area contributed by atoms with E-state index in [0.29, 0.717) is 5.56 Å². The molecular weight excluding hydrogens is 227 g/mol. The second-order valence-electron chi connectivity index (χ2n) is 4.30. The first-order valence-corrected chi connectivity index (χ1v) is 6.14. The summed E-state index contributed by atoms with van der Waals surface area (Å²) in [7, 11) is 0. The molecule has 18 heavy (non-hydrogen) atoms. The Balaban J connectivity index is 1.86. The average Bonchev–Trinajstić information content (AvgIpc) is 2.40. The Hall–Kier alpha value is -1.74. The number of benzene rings is 1. The number of hydrogen-bond donors (Lipinski definition) is 1. The van der Waals surface area contributed by atoms with Crippen LogP contribution in [-0.4, -0.2) is 11.5 Å². The number of aromatic nitrogens is 1. The molecule has 2 aromatic rings. The lowest BCUT2D eigenvalue weighted by Gasteiger charge is -2.14. The van der Waals surface area contributed by atoms with E-state index < -0.39 is 0 Å². The highest BCUT2D eigenvalue weighted by molar-refractivity contribution is 5.20. The van der Waals surface area contributed by atoms with Crippen molar-refractivity contribution in [3.05, 3.63) is 65.7 Å². The lowest BCUT2D eigenvalue weighted by atomic mass is 10.1. The fourth-order valence-corrected chi connectivity index (χ4v) is 1.92. The minimum Gasteiger partial charge on any atom is -0.310 e. The van der Waals surface area contributed by atoms with Crippen LogP contribution in [0, 0.1) is 5.82 Å². The van der Waals surface area contributed by atoms with Gasteiger partial charge in [-0.05, 0) is 43.7 Å². The van der Waals surface area contributed by atoms with Crippen molar-refractivity contribution in [3.8, 4) is 0 Å². The standard InChI is InChI=1S/C15H17FN2/c1-12(14-4-2-3-5-15(14)16)18-11-8-13-6-9-17-10-7-13/h2-7,9-10,12,18H,8,11H2,1H3/t12-/m1/s1. The Morgan fingerprint density at radius 3 is 2.61 bits per heavy atom. The van der Waals surface area contributed by atoms with Crippen LogP contribution in [0.25, 0.3) is 0 Å². The van der Waals surface area contributed by atoms with Crippen LogP contribution < -0.4 is 5.32 Å². The largest absolute Gasteiger partial charge is 0.310 e. The molecule has 0 aliphatic rings. The summed E-state index contributed by atoms with van der Waals surface area (Å²) in [5.74, 6) is -0.151. The molecule has 0 saturated carbocycles. The highest BCUT2D eigenvalue weighted by Gasteiger charge is 2.08. The van der Waals surface area contributed by atoms with Crippen LogP contribution in [0.4, 0.5) is 4.39 Å². The molecule has 1 atom stereocenters. The molecule has 0 fully saturated rings. The molecule has 1 N–H and O–H groups in total. The molecule has 1 aromatic carbocycles. The number of rotatable bonds is 5. The fourth-order valence-electron chi connectivity index (χ4n) is 1.92. The normalized spacial score (nSPS) is 12.3. The number of halogens is 1. The van der Waals surface area contributed by atoms with Crippen molar-refractivity contribution in [1.82, 2.24) is 10.3 Å². The van der Waals surface area contributed by atoms with Crippen molar-refractivity contribution >= 4 is 0 Å². The van der Waals surface area contributed by atoms with Crippen LogP contribution in [-0.2, 0) is 6.42 Å². The fraction of sp³-hybridized carbons (Fsp3) is 0.267. The van der Waals surface area contributed by atoms with E-state index in [0.717, 1.165) is 13.0 Å². The molecule has 0 aliphatic carbocycles. The SMILES string of the molecule is C[C@@H](NCCc1ccncc1)c1ccccc1F. The average molecular weight is 244 g/mol. The molecule has 0 saturated heterocycles. The van der Waals surface area contributed by atoms with Crippen LogP contribution in [0.15, 0.2) is 48.8 Å². The zero-order valence-corrected chi connectivity index (χ0v) is 10.4. The van der Waals surface area contributed by atoms with E-state index in [-0.39, 0.29) is 11.9 Å². The van der Waals surface area contributed by atoms with Gasteiger partial charge in [0.25, 0.3) is 0 Å². The van der Waals surface area contributed by atoms with Crippen LogP contribution in [0.3, 0.4) is 0 Å². The predicted molar refractivity (Wildman–Crippen MR) is 70.8 cm³/mol. The lowest BCUT2D eigenvalue weighted by Crippen LogP contribution is -2.22. The molecule has 1 aromatic heterocycles. The number of nitrogens with one attached hydrogen (secondary N) is 1. The van der Waals surface area contributed by atoms with Crippen molar-refractivity contribution in [2.75, 3.05) is 6.54 Å². The van der Waals surface area contributed by atoms with Gasteiger partial charge in [-0.15, -0.1) is 0 Å². The zero-order chi connectivity index (χ0) is 12.8. The van der Waals surface area contributed by atoms with Gasteiger partial charge in [-0.25, -0.2) is 4.39 Å². The quantitative estimate of drug-likeness (QED) is 0.874. The van der Waals surface area contributed by atoms with Gasteiger partial charge in [0.15, 0.2) is 0 Å². The summed E-state index contributed by atoms with van der Waals surface area (Å²) in [5, 5.41) is 3.33. The minimum absolute atomic E-state index is 0.0213. The summed E-state index contributed by atoms with van der Waals surface area (Å²) < 4.78 is 13.5. The van der Waals surface area contributed by atoms with Gasteiger partial charge < -0.3 is 5.32 Å². The highest BCUT2D eigenvalue weighted by atomic mass is 19.1. The van der Waals surface area contributed by atoms with E-state index in [2.05, 4.69) is 10.3 Å². The van der Waals surface area contributed by atoms with Gasteiger partial charge in [0.2, 0.25) is 0 Å². The maximum Gasteiger partial charge on any atom is 0.127 e. The first-order valence-electron chi connectivity index (χ1n) is 6.14. The molecule has 0 unspecified atom stereocenters. The van der Waals surface area contributed by atoms with Crippen LogP contribution in [0.2, 0.25) is 0 Å². The van der Waals surface area contributed by atoms with Crippen molar-refractivity contribution in [2.45, 2.75) is 19.4 Å². The maximum atomic E-state index is 13.5. The van der Waals surface area contributed by atoms with Crippen molar-refractivity contribution in [1.29, 1.82) is 0 Å². The lowest BCUT2D eigenvalue weighted by molar-refractivity contribution is 0.531. The molecule has 0 radical (unpaired) electrons. The van der Waals surface area contributed by atoms with Gasteiger partial charge in [0.1, 0.15) is 5.82 Å². The molecule has 2 rings (SSSR count). The van der Waals surface area contributed by atoms with Crippen molar-refractivity contribution < 1.29 is 4.39 Å². The second kappa shape index (κ2) is 6.26. The number of hydrogen-bond acceptors (Lipinski definition) is 2. The third kappa shape index (κ3) is 3.37. The van der Waals surface area contributed by atoms with Gasteiger partial charge >= 0.3 is 0 Å². The van der Waals surface area contributed by atoms with Gasteiger partial charge in [0, 0.05) is 24.0 Å². The van der Waals surface area contributed by atoms with E-state index in [9.17, 15) is 4.39 Å². The predicted octanol–water partition coefficient (Wildman–Crippen LogP) is 3.11. The molecule has 0 aliphatic heterocycles. The van der Waals surface area contributed by atoms with Crippen LogP contribution in [0.1, 0.15) is 24.1 Å². The van der Waals surface area contributed by atoms with Gasteiger partial charge in [-0.2, -0.15) is 0 Å². The van der Waals surface area contributed by atoms with E-state index in [1.54, 1.807) is 18.5 Å². The first-order chi connectivity index (χ1) is 8.77. The summed E-state index contributed by atoms with van der Waals surface area (Å²) in [6.07, 6.45) is 4.49. The molecule has 0 spiro atoms. The monoisotopic (exact) mass is 244 g/mol. The molecule has 0 amide bonds. The molecule has 3 heteroatoms. The van der Waals surface area contributed by atoms with E-state index in [1.807, 2.05) is 31.2 Å². The highest BCUT2D eigenvalue weighted by Crippen LogP contribution is 2.15. The second-order valence-corrected chi connectivity index (χ2v) is 4.30. The minimum atomic E-state index is -0.151. The third-order valence-electron chi connectivity index (χ3n) is 2.99. The topological polar surface area (TPSA) is 24.9 Å². The van der Waals surface area contributed by atoms with Crippen LogP contribution in [0.5, 0.6) is 0 Å². The Morgan fingerprint density at radius 2 is 1.89 bits per heavy atom. The van der Waals surface area contributed by atoms with E-state index in [4.69, 9.17) is 0 Å². The Bertz CT molecular complexity index is 485. The van der Waals surface area contributed by atoms with E-state index >= 15 is 0 Å². The molecule has 2 nitrogen and oxygen atoms in total. The Morgan fingerprint density at radius 1 is 1.17 bits per heavy atom. The third-order valence-corrected chi connectivity index (χ3v) is 2.99. The number of nitrogens with zero attached hydrogens (tertiary/aromatic N) is 1. The molecule has 0 bridgehead atoms. The maximum absolute atomic E-state index is 13.5. The number of pyridine rings is 1. The summed E-state index contributed by atoms with van der Waals surface area (Å²) in [6, 6.07) is 10.9. The first kappa shape index (κ1) is 12.7. The molecule has 1 heterocycles. The van der Waals surface area contributed by atoms with Gasteiger partial charge in [-0.1, -0.05) is 18.2 Å². The van der Waals surface area contributed by atoms with E-state index in [1.165, 1.54) is 11.6 Å². The van der Waals surface area contributed by atoms with Crippen LogP contribution >= 0.6 is 0 Å². The Labute approximate surface area is 107 Å². The summed E-state index contributed by atoms with van der Waals surface area (Å²) in [6.45, 7) is 2.80. The van der Waals surface area contributed by atoms with Gasteiger partial charge in [0.05, 0.1) is 0 Å². The van der Waals surface area contributed by atoms with Crippen molar-refractivity contribution in [3.63, 3.8) is 0 Å². The van der Waals surface area contributed by atoms with Gasteiger partial charge in [-0.3, -0.25) is 4.98 Å². The molecular formula is C15H17FN2. The Kier molecular flexibility index (Phi) is 4.42. The summed E-state index contributed by atoms with van der Waals surface area (Å²) in [5.41, 5.74) is 1.95. The zero-order valence-electron chi connectivity index (χ0n) is 10.4. The summed E-state index contributed by atoms with van der Waals surface area (Å²) in [4.78, 5) is 3.98.